The van der Waals surface area contributed by atoms with Crippen LogP contribution in [0.3, 0.4) is 0 Å². The van der Waals surface area contributed by atoms with E-state index in [4.69, 9.17) is 0 Å². The van der Waals surface area contributed by atoms with Gasteiger partial charge in [-0.1, -0.05) is 38.8 Å². The van der Waals surface area contributed by atoms with Crippen LogP contribution in [-0.2, 0) is 4.79 Å². The summed E-state index contributed by atoms with van der Waals surface area (Å²) in [6.45, 7) is 1.91. The molecule has 0 N–H and O–H groups in total. The van der Waals surface area contributed by atoms with Gasteiger partial charge in [0.15, 0.2) is 0 Å². The van der Waals surface area contributed by atoms with Gasteiger partial charge in [-0.25, -0.2) is 0 Å². The fourth-order valence-electron chi connectivity index (χ4n) is 0.956. The second-order valence-electron chi connectivity index (χ2n) is 2.99. The Morgan fingerprint density at radius 3 is 2.20 bits per heavy atom. The van der Waals surface area contributed by atoms with Crippen molar-refractivity contribution in [1.82, 2.24) is 0 Å². The molecule has 1 rings (SSSR count). The number of carboxylic acid groups (broad SMARTS) is 1. The molecule has 0 radical (unpaired) electrons. The van der Waals surface area contributed by atoms with Gasteiger partial charge in [0.1, 0.15) is 0 Å². The Balaban J connectivity index is 2.52. The van der Waals surface area contributed by atoms with Gasteiger partial charge in [0.25, 0.3) is 0 Å². The van der Waals surface area contributed by atoms with E-state index in [1.54, 1.807) is 0 Å². The average Bonchev–Trinajstić information content (AvgIpc) is 2.01. The Hall–Kier alpha value is 0.430. The summed E-state index contributed by atoms with van der Waals surface area (Å²) in [4.78, 5) is 10.2. The zero-order valence-electron chi connectivity index (χ0n) is 5.49. The lowest BCUT2D eigenvalue weighted by Crippen LogP contribution is -2.26. The van der Waals surface area contributed by atoms with E-state index in [1.807, 2.05) is 6.92 Å². The van der Waals surface area contributed by atoms with Crippen LogP contribution in [0.1, 0.15) is 19.8 Å². The predicted molar refractivity (Wildman–Crippen MR) is 42.9 cm³/mol. The highest BCUT2D eigenvalue weighted by molar-refractivity contribution is 9.25. The van der Waals surface area contributed by atoms with Gasteiger partial charge in [-0.2, -0.15) is 0 Å². The molecule has 58 valence electrons. The highest BCUT2D eigenvalue weighted by Crippen LogP contribution is 2.67. The second-order valence-corrected chi connectivity index (χ2v) is 6.76. The third-order valence-electron chi connectivity index (χ3n) is 1.90. The average molecular weight is 271 g/mol. The van der Waals surface area contributed by atoms with Crippen LogP contribution in [0.4, 0.5) is 0 Å². The van der Waals surface area contributed by atoms with Crippen molar-refractivity contribution < 1.29 is 9.90 Å². The van der Waals surface area contributed by atoms with Gasteiger partial charge in [-0.05, 0) is 12.8 Å². The zero-order valence-corrected chi connectivity index (χ0v) is 8.66. The molecule has 2 nitrogen and oxygen atoms in total. The summed E-state index contributed by atoms with van der Waals surface area (Å²) >= 11 is 6.73. The molecular weight excluding hydrogens is 264 g/mol. The van der Waals surface area contributed by atoms with Crippen molar-refractivity contribution in [3.8, 4) is 0 Å². The molecule has 0 unspecified atom stereocenters. The highest BCUT2D eigenvalue weighted by Gasteiger charge is 2.61. The van der Waals surface area contributed by atoms with Crippen LogP contribution in [-0.4, -0.2) is 9.20 Å². The molecule has 4 heteroatoms. The summed E-state index contributed by atoms with van der Waals surface area (Å²) in [7, 11) is 0. The molecule has 0 aromatic heterocycles. The molecule has 1 fully saturated rings. The van der Waals surface area contributed by atoms with E-state index < -0.39 is 5.97 Å². The molecule has 0 amide bonds. The number of rotatable bonds is 2. The standard InChI is InChI=1S/C6H8Br2O2/c1-5(2-4(9)10)3-6(5,7)8/h2-3H2,1H3,(H,9,10)/p-1/t5-/m0/s1. The number of halogens is 2. The number of hydrogen-bond acceptors (Lipinski definition) is 2. The SMILES string of the molecule is C[C@]1(CC(=O)[O-])CC1(Br)Br. The van der Waals surface area contributed by atoms with Crippen LogP contribution < -0.4 is 5.11 Å². The molecule has 1 atom stereocenters. The largest absolute Gasteiger partial charge is 0.550 e. The van der Waals surface area contributed by atoms with E-state index in [0.717, 1.165) is 6.42 Å². The van der Waals surface area contributed by atoms with Crippen LogP contribution >= 0.6 is 31.9 Å². The first-order chi connectivity index (χ1) is 4.37. The fraction of sp³-hybridized carbons (Fsp3) is 0.833. The third-order valence-corrected chi connectivity index (χ3v) is 4.38. The predicted octanol–water partition coefficient (Wildman–Crippen LogP) is 1.02. The molecule has 0 heterocycles. The van der Waals surface area contributed by atoms with Crippen molar-refractivity contribution in [2.24, 2.45) is 5.41 Å². The van der Waals surface area contributed by atoms with Crippen LogP contribution in [0.2, 0.25) is 0 Å². The van der Waals surface area contributed by atoms with Crippen molar-refractivity contribution in [1.29, 1.82) is 0 Å². The molecule has 0 aliphatic heterocycles. The van der Waals surface area contributed by atoms with Gasteiger partial charge < -0.3 is 9.90 Å². The van der Waals surface area contributed by atoms with Crippen LogP contribution in [0.15, 0.2) is 0 Å². The van der Waals surface area contributed by atoms with E-state index in [0.29, 0.717) is 0 Å². The van der Waals surface area contributed by atoms with Crippen molar-refractivity contribution in [2.45, 2.75) is 23.0 Å². The molecular formula is C6H7Br2O2-. The van der Waals surface area contributed by atoms with Crippen molar-refractivity contribution in [2.75, 3.05) is 0 Å². The number of hydrogen-bond donors (Lipinski definition) is 0. The van der Waals surface area contributed by atoms with Gasteiger partial charge in [0, 0.05) is 11.4 Å². The molecule has 0 bridgehead atoms. The number of alkyl halides is 2. The molecule has 0 spiro atoms. The van der Waals surface area contributed by atoms with Crippen LogP contribution in [0.5, 0.6) is 0 Å². The molecule has 0 aromatic carbocycles. The lowest BCUT2D eigenvalue weighted by atomic mass is 10.1. The minimum Gasteiger partial charge on any atom is -0.550 e. The van der Waals surface area contributed by atoms with Gasteiger partial charge in [0.2, 0.25) is 0 Å². The fourth-order valence-corrected chi connectivity index (χ4v) is 2.47. The lowest BCUT2D eigenvalue weighted by Gasteiger charge is -2.11. The maximum absolute atomic E-state index is 10.2. The molecule has 1 aliphatic carbocycles. The smallest absolute Gasteiger partial charge is 0.0869 e. The minimum atomic E-state index is -0.983. The second kappa shape index (κ2) is 2.21. The van der Waals surface area contributed by atoms with E-state index in [9.17, 15) is 9.90 Å². The summed E-state index contributed by atoms with van der Waals surface area (Å²) < 4.78 is -0.160. The molecule has 1 saturated carbocycles. The monoisotopic (exact) mass is 269 g/mol. The van der Waals surface area contributed by atoms with E-state index in [-0.39, 0.29) is 15.1 Å². The summed E-state index contributed by atoms with van der Waals surface area (Å²) in [6, 6.07) is 0. The van der Waals surface area contributed by atoms with Crippen LogP contribution in [0.25, 0.3) is 0 Å². The quantitative estimate of drug-likeness (QED) is 0.703. The Labute approximate surface area is 76.2 Å². The highest BCUT2D eigenvalue weighted by atomic mass is 79.9. The number of carboxylic acids is 1. The maximum atomic E-state index is 10.2. The molecule has 10 heavy (non-hydrogen) atoms. The normalized spacial score (nSPS) is 35.5. The third kappa shape index (κ3) is 1.37. The summed E-state index contributed by atoms with van der Waals surface area (Å²) in [5.74, 6) is -0.983. The minimum absolute atomic E-state index is 0.115. The molecule has 0 saturated heterocycles. The van der Waals surface area contributed by atoms with Crippen molar-refractivity contribution in [3.05, 3.63) is 0 Å². The van der Waals surface area contributed by atoms with E-state index >= 15 is 0 Å². The summed E-state index contributed by atoms with van der Waals surface area (Å²) in [6.07, 6.45) is 0.956. The van der Waals surface area contributed by atoms with Crippen LogP contribution in [0, 0.1) is 5.41 Å². The first-order valence-electron chi connectivity index (χ1n) is 2.95. The van der Waals surface area contributed by atoms with Gasteiger partial charge >= 0.3 is 0 Å². The first-order valence-corrected chi connectivity index (χ1v) is 4.54. The van der Waals surface area contributed by atoms with Gasteiger partial charge in [-0.3, -0.25) is 0 Å². The first kappa shape index (κ1) is 8.53. The van der Waals surface area contributed by atoms with E-state index in [2.05, 4.69) is 31.9 Å². The molecule has 1 aliphatic rings. The summed E-state index contributed by atoms with van der Waals surface area (Å²) in [5, 5.41) is 10.2. The Bertz CT molecular complexity index is 179. The van der Waals surface area contributed by atoms with E-state index in [1.165, 1.54) is 0 Å². The van der Waals surface area contributed by atoms with Crippen molar-refractivity contribution in [3.63, 3.8) is 0 Å². The summed E-state index contributed by atoms with van der Waals surface area (Å²) in [5.41, 5.74) is -0.161. The Kier molecular flexibility index (Phi) is 1.88. The number of carbonyl (C=O) groups is 1. The Morgan fingerprint density at radius 2 is 2.10 bits per heavy atom. The van der Waals surface area contributed by atoms with Gasteiger partial charge in [0.05, 0.1) is 3.23 Å². The molecule has 0 aromatic rings. The zero-order chi connectivity index (χ0) is 7.99. The lowest BCUT2D eigenvalue weighted by molar-refractivity contribution is -0.307. The Morgan fingerprint density at radius 1 is 1.70 bits per heavy atom. The topological polar surface area (TPSA) is 40.1 Å². The number of carbonyl (C=O) groups excluding carboxylic acids is 1. The van der Waals surface area contributed by atoms with Gasteiger partial charge in [-0.15, -0.1) is 0 Å². The maximum Gasteiger partial charge on any atom is 0.0869 e. The number of aliphatic carboxylic acids is 1. The van der Waals surface area contributed by atoms with Crippen molar-refractivity contribution >= 4 is 37.8 Å².